The van der Waals surface area contributed by atoms with E-state index < -0.39 is 40.2 Å². The third-order valence-corrected chi connectivity index (χ3v) is 5.79. The minimum Gasteiger partial charge on any atom is -0.372 e. The number of aromatic nitrogens is 4. The van der Waals surface area contributed by atoms with Crippen LogP contribution in [0.4, 0.5) is 23.5 Å². The van der Waals surface area contributed by atoms with E-state index in [4.69, 9.17) is 4.74 Å². The molecule has 1 saturated heterocycles. The van der Waals surface area contributed by atoms with Gasteiger partial charge in [0.2, 0.25) is 5.95 Å². The fourth-order valence-electron chi connectivity index (χ4n) is 4.31. The molecular formula is C23H24F4N6O3. The Hall–Kier alpha value is -3.61. The summed E-state index contributed by atoms with van der Waals surface area (Å²) in [4.78, 5) is 40.9. The number of hydrogen-bond donors (Lipinski definition) is 2. The first kappa shape index (κ1) is 25.5. The zero-order chi connectivity index (χ0) is 26.4. The lowest BCUT2D eigenvalue weighted by Crippen LogP contribution is -2.48. The van der Waals surface area contributed by atoms with Gasteiger partial charge in [-0.3, -0.25) is 9.59 Å². The molecule has 3 atom stereocenters. The van der Waals surface area contributed by atoms with Crippen LogP contribution >= 0.6 is 0 Å². The summed E-state index contributed by atoms with van der Waals surface area (Å²) in [5.74, 6) is -2.02. The normalized spacial score (nSPS) is 19.4. The number of amides is 1. The number of morpholine rings is 1. The van der Waals surface area contributed by atoms with Gasteiger partial charge in [-0.25, -0.2) is 19.3 Å². The summed E-state index contributed by atoms with van der Waals surface area (Å²) in [5, 5.41) is 2.37. The second-order valence-electron chi connectivity index (χ2n) is 8.83. The molecule has 3 heterocycles. The van der Waals surface area contributed by atoms with E-state index in [0.29, 0.717) is 13.1 Å². The maximum Gasteiger partial charge on any atom is 0.419 e. The molecule has 192 valence electrons. The SMILES string of the molecule is Cc1nc2c(F)c(C(F)(F)F)c([C@H](C)Nc3ncc(C(=O)N4C[C@@H](C)O[C@@H](C)C4)cn3)cc2c(=O)[nH]1. The third kappa shape index (κ3) is 5.01. The largest absolute Gasteiger partial charge is 0.419 e. The Morgan fingerprint density at radius 1 is 1.22 bits per heavy atom. The highest BCUT2D eigenvalue weighted by atomic mass is 19.4. The van der Waals surface area contributed by atoms with Gasteiger partial charge in [0.25, 0.3) is 11.5 Å². The summed E-state index contributed by atoms with van der Waals surface area (Å²) >= 11 is 0. The van der Waals surface area contributed by atoms with Crippen LogP contribution in [-0.2, 0) is 10.9 Å². The third-order valence-electron chi connectivity index (χ3n) is 5.79. The Labute approximate surface area is 202 Å². The van der Waals surface area contributed by atoms with E-state index in [9.17, 15) is 22.8 Å². The van der Waals surface area contributed by atoms with E-state index in [1.165, 1.54) is 26.2 Å². The van der Waals surface area contributed by atoms with Crippen molar-refractivity contribution in [2.45, 2.75) is 52.1 Å². The number of halogens is 4. The lowest BCUT2D eigenvalue weighted by Gasteiger charge is -2.35. The number of alkyl halides is 3. The summed E-state index contributed by atoms with van der Waals surface area (Å²) in [6.45, 7) is 7.22. The van der Waals surface area contributed by atoms with Crippen molar-refractivity contribution in [2.75, 3.05) is 18.4 Å². The quantitative estimate of drug-likeness (QED) is 0.518. The fourth-order valence-corrected chi connectivity index (χ4v) is 4.31. The molecule has 0 radical (unpaired) electrons. The van der Waals surface area contributed by atoms with Crippen molar-refractivity contribution in [1.29, 1.82) is 0 Å². The van der Waals surface area contributed by atoms with E-state index in [0.717, 1.165) is 6.07 Å². The molecule has 2 N–H and O–H groups in total. The molecule has 0 saturated carbocycles. The Kier molecular flexibility index (Phi) is 6.69. The van der Waals surface area contributed by atoms with Crippen molar-refractivity contribution in [2.24, 2.45) is 0 Å². The number of hydrogen-bond acceptors (Lipinski definition) is 7. The molecule has 13 heteroatoms. The molecule has 0 aliphatic carbocycles. The van der Waals surface area contributed by atoms with E-state index >= 15 is 4.39 Å². The van der Waals surface area contributed by atoms with Crippen molar-refractivity contribution in [3.8, 4) is 0 Å². The summed E-state index contributed by atoms with van der Waals surface area (Å²) < 4.78 is 62.2. The first-order valence-corrected chi connectivity index (χ1v) is 11.2. The van der Waals surface area contributed by atoms with Gasteiger partial charge in [0, 0.05) is 25.5 Å². The standard InChI is InChI=1S/C23H24F4N6O3/c1-10-8-33(9-11(2)36-10)21(35)14-6-28-22(29-7-14)30-12(3)15-5-16-19(31-13(4)32-20(16)34)18(24)17(15)23(25,26)27/h5-7,10-12H,8-9H2,1-4H3,(H,28,29,30)(H,31,32,34)/t10-,11+,12-/m0/s1. The molecule has 0 spiro atoms. The molecule has 1 aromatic carbocycles. The Morgan fingerprint density at radius 2 is 1.83 bits per heavy atom. The molecule has 1 aliphatic heterocycles. The average Bonchev–Trinajstić information content (AvgIpc) is 2.78. The first-order chi connectivity index (χ1) is 16.8. The molecule has 1 amide bonds. The van der Waals surface area contributed by atoms with Crippen LogP contribution in [0.15, 0.2) is 23.3 Å². The maximum atomic E-state index is 15.0. The first-order valence-electron chi connectivity index (χ1n) is 11.2. The number of fused-ring (bicyclic) bond motifs is 1. The minimum atomic E-state index is -5.05. The molecule has 1 aliphatic rings. The van der Waals surface area contributed by atoms with Gasteiger partial charge >= 0.3 is 6.18 Å². The van der Waals surface area contributed by atoms with E-state index in [2.05, 4.69) is 25.3 Å². The number of benzene rings is 1. The number of carbonyl (C=O) groups is 1. The average molecular weight is 508 g/mol. The second-order valence-corrected chi connectivity index (χ2v) is 8.83. The number of nitrogens with zero attached hydrogens (tertiary/aromatic N) is 4. The molecule has 3 aromatic rings. The zero-order valence-corrected chi connectivity index (χ0v) is 19.9. The Balaban J connectivity index is 1.63. The van der Waals surface area contributed by atoms with E-state index in [1.54, 1.807) is 4.90 Å². The molecule has 9 nitrogen and oxygen atoms in total. The van der Waals surface area contributed by atoms with Crippen molar-refractivity contribution < 1.29 is 27.1 Å². The van der Waals surface area contributed by atoms with Gasteiger partial charge < -0.3 is 19.9 Å². The summed E-state index contributed by atoms with van der Waals surface area (Å²) in [5.41, 5.74) is -3.26. The lowest BCUT2D eigenvalue weighted by atomic mass is 9.97. The van der Waals surface area contributed by atoms with Crippen molar-refractivity contribution in [3.63, 3.8) is 0 Å². The van der Waals surface area contributed by atoms with Gasteiger partial charge in [-0.15, -0.1) is 0 Å². The zero-order valence-electron chi connectivity index (χ0n) is 19.9. The lowest BCUT2D eigenvalue weighted by molar-refractivity contribution is -0.140. The van der Waals surface area contributed by atoms with Crippen molar-refractivity contribution in [3.05, 3.63) is 57.1 Å². The molecule has 4 rings (SSSR count). The highest BCUT2D eigenvalue weighted by Crippen LogP contribution is 2.39. The number of aryl methyl sites for hydroxylation is 1. The summed E-state index contributed by atoms with van der Waals surface area (Å²) in [6, 6.07) is -0.188. The topological polar surface area (TPSA) is 113 Å². The number of ether oxygens (including phenoxy) is 1. The van der Waals surface area contributed by atoms with Crippen LogP contribution in [-0.4, -0.2) is 56.0 Å². The maximum absolute atomic E-state index is 15.0. The van der Waals surface area contributed by atoms with Crippen molar-refractivity contribution >= 4 is 22.8 Å². The van der Waals surface area contributed by atoms with Crippen LogP contribution < -0.4 is 10.9 Å². The highest BCUT2D eigenvalue weighted by Gasteiger charge is 2.40. The minimum absolute atomic E-state index is 0.0116. The molecule has 36 heavy (non-hydrogen) atoms. The molecule has 0 bridgehead atoms. The van der Waals surface area contributed by atoms with Gasteiger partial charge in [-0.05, 0) is 39.3 Å². The van der Waals surface area contributed by atoms with Crippen LogP contribution in [0, 0.1) is 12.7 Å². The Bertz CT molecular complexity index is 1350. The Morgan fingerprint density at radius 3 is 2.42 bits per heavy atom. The number of rotatable bonds is 4. The fraction of sp³-hybridized carbons (Fsp3) is 0.435. The van der Waals surface area contributed by atoms with E-state index in [1.807, 2.05) is 13.8 Å². The van der Waals surface area contributed by atoms with Gasteiger partial charge in [0.15, 0.2) is 5.82 Å². The monoisotopic (exact) mass is 508 g/mol. The van der Waals surface area contributed by atoms with Crippen LogP contribution in [0.1, 0.15) is 54.1 Å². The molecular weight excluding hydrogens is 484 g/mol. The number of aromatic amines is 1. The summed E-state index contributed by atoms with van der Waals surface area (Å²) in [6.07, 6.45) is -2.78. The number of nitrogens with one attached hydrogen (secondary N) is 2. The molecule has 1 fully saturated rings. The molecule has 0 unspecified atom stereocenters. The predicted molar refractivity (Wildman–Crippen MR) is 122 cm³/mol. The number of anilines is 1. The van der Waals surface area contributed by atoms with Crippen LogP contribution in [0.3, 0.4) is 0 Å². The van der Waals surface area contributed by atoms with Crippen molar-refractivity contribution in [1.82, 2.24) is 24.8 Å². The van der Waals surface area contributed by atoms with E-state index in [-0.39, 0.29) is 40.8 Å². The van der Waals surface area contributed by atoms with Crippen LogP contribution in [0.5, 0.6) is 0 Å². The van der Waals surface area contributed by atoms with Crippen LogP contribution in [0.25, 0.3) is 10.9 Å². The van der Waals surface area contributed by atoms with Gasteiger partial charge in [-0.2, -0.15) is 13.2 Å². The number of H-pyrrole nitrogens is 1. The highest BCUT2D eigenvalue weighted by molar-refractivity contribution is 5.93. The van der Waals surface area contributed by atoms with Crippen LogP contribution in [0.2, 0.25) is 0 Å². The smallest absolute Gasteiger partial charge is 0.372 e. The summed E-state index contributed by atoms with van der Waals surface area (Å²) in [7, 11) is 0. The van der Waals surface area contributed by atoms with Gasteiger partial charge in [0.1, 0.15) is 11.3 Å². The second kappa shape index (κ2) is 9.45. The van der Waals surface area contributed by atoms with Gasteiger partial charge in [-0.1, -0.05) is 0 Å². The predicted octanol–water partition coefficient (Wildman–Crippen LogP) is 3.60. The molecule has 2 aromatic heterocycles. The number of carbonyl (C=O) groups excluding carboxylic acids is 1. The van der Waals surface area contributed by atoms with Gasteiger partial charge in [0.05, 0.1) is 34.8 Å².